The van der Waals surface area contributed by atoms with Crippen LogP contribution in [-0.4, -0.2) is 5.48 Å². The molecule has 1 aromatic heterocycles. The third-order valence-electron chi connectivity index (χ3n) is 0.425. The summed E-state index contributed by atoms with van der Waals surface area (Å²) >= 11 is 1.71. The minimum absolute atomic E-state index is 0. The number of hydrogen-bond acceptors (Lipinski definition) is 1. The van der Waals surface area contributed by atoms with Crippen LogP contribution in [0, 0.1) is 0 Å². The summed E-state index contributed by atoms with van der Waals surface area (Å²) in [6.07, 6.45) is 0. The third-order valence-corrected chi connectivity index (χ3v) is 1.05. The van der Waals surface area contributed by atoms with Gasteiger partial charge in [0.1, 0.15) is 0 Å². The molecule has 0 unspecified atom stereocenters. The Balaban J connectivity index is -0.0000000833. The van der Waals surface area contributed by atoms with Crippen molar-refractivity contribution in [2.45, 2.75) is 0 Å². The Kier molecular flexibility index (Phi) is 10.1. The Hall–Kier alpha value is 0.660. The predicted molar refractivity (Wildman–Crippen MR) is 29.0 cm³/mol. The predicted octanol–water partition coefficient (Wildman–Crippen LogP) is -1.96. The van der Waals surface area contributed by atoms with Crippen molar-refractivity contribution in [3.8, 4) is 0 Å². The molecule has 3 heteroatoms. The summed E-state index contributed by atoms with van der Waals surface area (Å²) in [6.45, 7) is 0. The number of rotatable bonds is 0. The summed E-state index contributed by atoms with van der Waals surface area (Å²) < 4.78 is 0. The second kappa shape index (κ2) is 6.66. The fourth-order valence-corrected chi connectivity index (χ4v) is 0.680. The summed E-state index contributed by atoms with van der Waals surface area (Å²) in [5.41, 5.74) is 0. The fraction of sp³-hybridized carbons (Fsp3) is 0. The first-order valence-corrected chi connectivity index (χ1v) is 2.41. The molecule has 0 spiro atoms. The topological polar surface area (TPSA) is 31.5 Å². The summed E-state index contributed by atoms with van der Waals surface area (Å²) in [4.78, 5) is 0. The van der Waals surface area contributed by atoms with Gasteiger partial charge in [0, 0.05) is 0 Å². The average molecular weight is 126 g/mol. The van der Waals surface area contributed by atoms with Crippen LogP contribution in [0.4, 0.5) is 0 Å². The van der Waals surface area contributed by atoms with Crippen LogP contribution in [0.1, 0.15) is 1.43 Å². The van der Waals surface area contributed by atoms with Gasteiger partial charge < -0.3 is 6.90 Å². The van der Waals surface area contributed by atoms with Crippen molar-refractivity contribution in [1.29, 1.82) is 0 Å². The quantitative estimate of drug-likeness (QED) is 0.361. The Bertz CT molecular complexity index is 72.5. The van der Waals surface area contributed by atoms with Gasteiger partial charge in [-0.1, -0.05) is 12.1 Å². The first kappa shape index (κ1) is 10.6. The molecule has 0 aliphatic heterocycles. The van der Waals surface area contributed by atoms with Gasteiger partial charge in [-0.2, -0.15) is 11.3 Å². The fourth-order valence-electron chi connectivity index (χ4n) is 0.227. The van der Waals surface area contributed by atoms with E-state index >= 15 is 0 Å². The molecule has 2 N–H and O–H groups in total. The van der Waals surface area contributed by atoms with Gasteiger partial charge in [-0.05, 0) is 10.8 Å². The molecule has 0 fully saturated rings. The third kappa shape index (κ3) is 4.51. The monoisotopic (exact) mass is 126 g/mol. The number of hydrogen-bond donors (Lipinski definition) is 0. The molecule has 0 radical (unpaired) electrons. The summed E-state index contributed by atoms with van der Waals surface area (Å²) in [7, 11) is 0. The minimum atomic E-state index is 0. The van der Waals surface area contributed by atoms with E-state index in [4.69, 9.17) is 0 Å². The molecule has 1 heterocycles. The van der Waals surface area contributed by atoms with E-state index in [2.05, 4.69) is 0 Å². The van der Waals surface area contributed by atoms with Crippen molar-refractivity contribution in [1.82, 2.24) is 0 Å². The Morgan fingerprint density at radius 1 is 1.14 bits per heavy atom. The molecule has 0 atom stereocenters. The molecule has 0 amide bonds. The van der Waals surface area contributed by atoms with E-state index in [9.17, 15) is 0 Å². The largest absolute Gasteiger partial charge is 1.00 e. The summed E-state index contributed by atoms with van der Waals surface area (Å²) in [5.74, 6) is 0. The maximum Gasteiger partial charge on any atom is 1.00 e. The van der Waals surface area contributed by atoms with Gasteiger partial charge >= 0.3 is 29.6 Å². The molecular formula is C4H7NaOS. The Morgan fingerprint density at radius 3 is 1.71 bits per heavy atom. The Morgan fingerprint density at radius 2 is 1.57 bits per heavy atom. The zero-order valence-corrected chi connectivity index (χ0v) is 7.03. The van der Waals surface area contributed by atoms with Crippen molar-refractivity contribution >= 4 is 11.3 Å². The van der Waals surface area contributed by atoms with Crippen LogP contribution >= 0.6 is 11.3 Å². The van der Waals surface area contributed by atoms with E-state index in [0.717, 1.165) is 0 Å². The summed E-state index contributed by atoms with van der Waals surface area (Å²) in [5, 5.41) is 4.08. The van der Waals surface area contributed by atoms with Crippen LogP contribution in [0.15, 0.2) is 22.9 Å². The molecule has 0 aliphatic carbocycles. The molecule has 1 aromatic rings. The van der Waals surface area contributed by atoms with Gasteiger partial charge in [0.05, 0.1) is 0 Å². The van der Waals surface area contributed by atoms with Crippen LogP contribution in [0.2, 0.25) is 0 Å². The van der Waals surface area contributed by atoms with E-state index in [1.54, 1.807) is 11.3 Å². The molecule has 0 aliphatic rings. The van der Waals surface area contributed by atoms with Gasteiger partial charge in [-0.25, -0.2) is 0 Å². The molecule has 1 nitrogen and oxygen atoms in total. The minimum Gasteiger partial charge on any atom is -1.00 e. The van der Waals surface area contributed by atoms with Gasteiger partial charge in [0.15, 0.2) is 0 Å². The van der Waals surface area contributed by atoms with Crippen LogP contribution in [0.3, 0.4) is 0 Å². The Labute approximate surface area is 70.5 Å². The maximum atomic E-state index is 2.04. The molecule has 36 valence electrons. The van der Waals surface area contributed by atoms with Crippen LogP contribution < -0.4 is 29.6 Å². The first-order chi connectivity index (χ1) is 2.50. The van der Waals surface area contributed by atoms with Crippen molar-refractivity contribution in [3.63, 3.8) is 0 Å². The van der Waals surface area contributed by atoms with Gasteiger partial charge in [-0.15, -0.1) is 0 Å². The second-order valence-electron chi connectivity index (χ2n) is 0.793. The van der Waals surface area contributed by atoms with E-state index in [0.29, 0.717) is 0 Å². The van der Waals surface area contributed by atoms with Gasteiger partial charge in [0.25, 0.3) is 0 Å². The van der Waals surface area contributed by atoms with E-state index < -0.39 is 0 Å². The van der Waals surface area contributed by atoms with Crippen LogP contribution in [-0.2, 0) is 0 Å². The molecular weight excluding hydrogens is 119 g/mol. The normalized spacial score (nSPS) is 5.71. The molecule has 1 rings (SSSR count). The molecule has 0 saturated heterocycles. The van der Waals surface area contributed by atoms with E-state index in [1.807, 2.05) is 22.9 Å². The molecule has 7 heavy (non-hydrogen) atoms. The second-order valence-corrected chi connectivity index (χ2v) is 1.61. The van der Waals surface area contributed by atoms with Crippen molar-refractivity contribution in [2.24, 2.45) is 0 Å². The van der Waals surface area contributed by atoms with Crippen molar-refractivity contribution in [2.75, 3.05) is 0 Å². The summed E-state index contributed by atoms with van der Waals surface area (Å²) in [6, 6.07) is 4.04. The standard InChI is InChI=1S/C4H4S.Na.H2O.H/c1-2-4-5-3-1;;;/h1-4H;;1H2;/q;+1;;-1. The van der Waals surface area contributed by atoms with E-state index in [1.165, 1.54) is 0 Å². The smallest absolute Gasteiger partial charge is 1.00 e. The van der Waals surface area contributed by atoms with Gasteiger partial charge in [-0.3, -0.25) is 0 Å². The first-order valence-electron chi connectivity index (χ1n) is 1.47. The average Bonchev–Trinajstić information content (AvgIpc) is 1.76. The van der Waals surface area contributed by atoms with Crippen LogP contribution in [0.25, 0.3) is 0 Å². The molecule has 0 saturated carbocycles. The van der Waals surface area contributed by atoms with Crippen LogP contribution in [0.5, 0.6) is 0 Å². The van der Waals surface area contributed by atoms with Crippen molar-refractivity contribution in [3.05, 3.63) is 22.9 Å². The number of thiophene rings is 1. The molecule has 0 bridgehead atoms. The zero-order chi connectivity index (χ0) is 3.54. The molecule has 0 aromatic carbocycles. The zero-order valence-electron chi connectivity index (χ0n) is 5.22. The van der Waals surface area contributed by atoms with Gasteiger partial charge in [0.2, 0.25) is 0 Å². The van der Waals surface area contributed by atoms with Crippen molar-refractivity contribution < 1.29 is 36.5 Å². The van der Waals surface area contributed by atoms with E-state index in [-0.39, 0.29) is 36.5 Å². The maximum absolute atomic E-state index is 2.04. The SMILES string of the molecule is O.[H-].[Na+].c1ccsc1.